The normalized spacial score (nSPS) is 9.25. The van der Waals surface area contributed by atoms with Crippen LogP contribution in [0.1, 0.15) is 0 Å². The SMILES string of the molecule is CN/C=C\C(=O)NC. The molecule has 8 heavy (non-hydrogen) atoms. The highest BCUT2D eigenvalue weighted by Crippen LogP contribution is 1.63. The van der Waals surface area contributed by atoms with Gasteiger partial charge in [0.05, 0.1) is 0 Å². The summed E-state index contributed by atoms with van der Waals surface area (Å²) >= 11 is 0. The topological polar surface area (TPSA) is 41.1 Å². The van der Waals surface area contributed by atoms with Gasteiger partial charge >= 0.3 is 0 Å². The van der Waals surface area contributed by atoms with Gasteiger partial charge in [0.2, 0.25) is 5.91 Å². The van der Waals surface area contributed by atoms with Crippen LogP contribution in [0.3, 0.4) is 0 Å². The van der Waals surface area contributed by atoms with E-state index < -0.39 is 0 Å². The smallest absolute Gasteiger partial charge is 0.245 e. The predicted octanol–water partition coefficient (Wildman–Crippen LogP) is -0.535. The molecule has 0 rings (SSSR count). The first-order valence-electron chi connectivity index (χ1n) is 2.36. The van der Waals surface area contributed by atoms with E-state index in [0.29, 0.717) is 0 Å². The molecule has 0 unspecified atom stereocenters. The van der Waals surface area contributed by atoms with Gasteiger partial charge in [0, 0.05) is 26.4 Å². The second kappa shape index (κ2) is 4.18. The largest absolute Gasteiger partial charge is 0.394 e. The van der Waals surface area contributed by atoms with Crippen molar-refractivity contribution >= 4 is 5.91 Å². The van der Waals surface area contributed by atoms with Gasteiger partial charge in [-0.3, -0.25) is 4.79 Å². The van der Waals surface area contributed by atoms with Gasteiger partial charge < -0.3 is 10.6 Å². The number of carbonyl (C=O) groups excluding carboxylic acids is 1. The van der Waals surface area contributed by atoms with Crippen LogP contribution < -0.4 is 10.6 Å². The number of nitrogens with one attached hydrogen (secondary N) is 2. The van der Waals surface area contributed by atoms with E-state index in [1.807, 2.05) is 0 Å². The van der Waals surface area contributed by atoms with Crippen molar-refractivity contribution in [2.45, 2.75) is 0 Å². The van der Waals surface area contributed by atoms with Crippen LogP contribution >= 0.6 is 0 Å². The van der Waals surface area contributed by atoms with Gasteiger partial charge in [-0.2, -0.15) is 0 Å². The van der Waals surface area contributed by atoms with Gasteiger partial charge in [0.25, 0.3) is 0 Å². The maximum absolute atomic E-state index is 10.3. The zero-order valence-corrected chi connectivity index (χ0v) is 5.06. The molecule has 0 aliphatic carbocycles. The molecule has 0 aromatic carbocycles. The Balaban J connectivity index is 3.37. The Morgan fingerprint density at radius 3 is 2.50 bits per heavy atom. The Morgan fingerprint density at radius 2 is 2.12 bits per heavy atom. The van der Waals surface area contributed by atoms with Crippen molar-refractivity contribution in [1.82, 2.24) is 10.6 Å². The third kappa shape index (κ3) is 3.21. The fourth-order valence-corrected chi connectivity index (χ4v) is 0.242. The summed E-state index contributed by atoms with van der Waals surface area (Å²) < 4.78 is 0. The highest BCUT2D eigenvalue weighted by Gasteiger charge is 1.82. The molecule has 46 valence electrons. The number of hydrogen-bond donors (Lipinski definition) is 2. The van der Waals surface area contributed by atoms with Crippen molar-refractivity contribution in [2.75, 3.05) is 14.1 Å². The molecule has 0 bridgehead atoms. The first kappa shape index (κ1) is 7.01. The third-order valence-corrected chi connectivity index (χ3v) is 0.648. The van der Waals surface area contributed by atoms with Gasteiger partial charge in [-0.05, 0) is 0 Å². The molecule has 3 heteroatoms. The van der Waals surface area contributed by atoms with Crippen molar-refractivity contribution < 1.29 is 4.79 Å². The monoisotopic (exact) mass is 114 g/mol. The number of likely N-dealkylation sites (N-methyl/N-ethyl adjacent to an activating group) is 1. The Hall–Kier alpha value is -0.990. The predicted molar refractivity (Wildman–Crippen MR) is 32.3 cm³/mol. The van der Waals surface area contributed by atoms with Crippen molar-refractivity contribution in [3.63, 3.8) is 0 Å². The molecule has 0 fully saturated rings. The van der Waals surface area contributed by atoms with Crippen LogP contribution in [0.2, 0.25) is 0 Å². The molecule has 0 heterocycles. The lowest BCUT2D eigenvalue weighted by Crippen LogP contribution is -2.14. The lowest BCUT2D eigenvalue weighted by Gasteiger charge is -1.87. The number of amides is 1. The van der Waals surface area contributed by atoms with Crippen LogP contribution in [0.5, 0.6) is 0 Å². The van der Waals surface area contributed by atoms with Crippen LogP contribution in [0.25, 0.3) is 0 Å². The lowest BCUT2D eigenvalue weighted by atomic mass is 10.6. The van der Waals surface area contributed by atoms with E-state index in [0.717, 1.165) is 0 Å². The zero-order chi connectivity index (χ0) is 6.41. The summed E-state index contributed by atoms with van der Waals surface area (Å²) in [5.41, 5.74) is 0. The standard InChI is InChI=1S/C5H10N2O/c1-6-4-3-5(8)7-2/h3-4,6H,1-2H3,(H,7,8)/b4-3-. The van der Waals surface area contributed by atoms with Gasteiger partial charge in [-0.1, -0.05) is 0 Å². The molecule has 0 spiro atoms. The maximum Gasteiger partial charge on any atom is 0.245 e. The quantitative estimate of drug-likeness (QED) is 0.474. The van der Waals surface area contributed by atoms with Crippen molar-refractivity contribution in [3.8, 4) is 0 Å². The molecule has 1 amide bonds. The van der Waals surface area contributed by atoms with Gasteiger partial charge in [-0.25, -0.2) is 0 Å². The van der Waals surface area contributed by atoms with Crippen molar-refractivity contribution in [2.24, 2.45) is 0 Å². The number of rotatable bonds is 2. The molecule has 0 aliphatic rings. The van der Waals surface area contributed by atoms with Crippen LogP contribution in [0.15, 0.2) is 12.3 Å². The second-order valence-electron chi connectivity index (χ2n) is 1.24. The van der Waals surface area contributed by atoms with Crippen LogP contribution in [-0.2, 0) is 4.79 Å². The van der Waals surface area contributed by atoms with Crippen molar-refractivity contribution in [1.29, 1.82) is 0 Å². The highest BCUT2D eigenvalue weighted by atomic mass is 16.1. The molecule has 2 N–H and O–H groups in total. The fraction of sp³-hybridized carbons (Fsp3) is 0.400. The summed E-state index contributed by atoms with van der Waals surface area (Å²) in [6.45, 7) is 0. The molecular formula is C5H10N2O. The molecule has 0 saturated carbocycles. The maximum atomic E-state index is 10.3. The Labute approximate surface area is 48.8 Å². The van der Waals surface area contributed by atoms with E-state index in [1.54, 1.807) is 20.3 Å². The molecule has 0 atom stereocenters. The van der Waals surface area contributed by atoms with E-state index in [4.69, 9.17) is 0 Å². The second-order valence-corrected chi connectivity index (χ2v) is 1.24. The minimum absolute atomic E-state index is 0.0978. The molecular weight excluding hydrogens is 104 g/mol. The van der Waals surface area contributed by atoms with Gasteiger partial charge in [-0.15, -0.1) is 0 Å². The third-order valence-electron chi connectivity index (χ3n) is 0.648. The summed E-state index contributed by atoms with van der Waals surface area (Å²) in [6.07, 6.45) is 2.98. The molecule has 0 aliphatic heterocycles. The summed E-state index contributed by atoms with van der Waals surface area (Å²) in [5, 5.41) is 5.13. The minimum atomic E-state index is -0.0978. The summed E-state index contributed by atoms with van der Waals surface area (Å²) in [4.78, 5) is 10.3. The molecule has 0 aromatic heterocycles. The van der Waals surface area contributed by atoms with Crippen LogP contribution in [0, 0.1) is 0 Å². The highest BCUT2D eigenvalue weighted by molar-refractivity contribution is 5.86. The summed E-state index contributed by atoms with van der Waals surface area (Å²) in [5.74, 6) is -0.0978. The van der Waals surface area contributed by atoms with Crippen LogP contribution in [0.4, 0.5) is 0 Å². The molecule has 0 aromatic rings. The van der Waals surface area contributed by atoms with E-state index in [1.165, 1.54) is 6.08 Å². The fourth-order valence-electron chi connectivity index (χ4n) is 0.242. The number of hydrogen-bond acceptors (Lipinski definition) is 2. The van der Waals surface area contributed by atoms with E-state index in [-0.39, 0.29) is 5.91 Å². The van der Waals surface area contributed by atoms with Gasteiger partial charge in [0.15, 0.2) is 0 Å². The average Bonchev–Trinajstić information content (AvgIpc) is 1.83. The van der Waals surface area contributed by atoms with Crippen LogP contribution in [-0.4, -0.2) is 20.0 Å². The zero-order valence-electron chi connectivity index (χ0n) is 5.06. The van der Waals surface area contributed by atoms with Gasteiger partial charge in [0.1, 0.15) is 0 Å². The Morgan fingerprint density at radius 1 is 1.50 bits per heavy atom. The lowest BCUT2D eigenvalue weighted by molar-refractivity contribution is -0.116. The summed E-state index contributed by atoms with van der Waals surface area (Å²) in [7, 11) is 3.32. The first-order chi connectivity index (χ1) is 3.81. The first-order valence-corrected chi connectivity index (χ1v) is 2.36. The van der Waals surface area contributed by atoms with E-state index >= 15 is 0 Å². The van der Waals surface area contributed by atoms with Crippen molar-refractivity contribution in [3.05, 3.63) is 12.3 Å². The molecule has 3 nitrogen and oxygen atoms in total. The number of carbonyl (C=O) groups is 1. The summed E-state index contributed by atoms with van der Waals surface area (Å²) in [6, 6.07) is 0. The molecule has 0 saturated heterocycles. The van der Waals surface area contributed by atoms with E-state index in [9.17, 15) is 4.79 Å². The Bertz CT molecular complexity index is 98.6. The minimum Gasteiger partial charge on any atom is -0.394 e. The van der Waals surface area contributed by atoms with E-state index in [2.05, 4.69) is 10.6 Å². The molecule has 0 radical (unpaired) electrons. The Kier molecular flexibility index (Phi) is 3.66. The average molecular weight is 114 g/mol.